The largest absolute Gasteiger partial charge is 0.462 e. The zero-order chi connectivity index (χ0) is 54.8. The fourth-order valence-electron chi connectivity index (χ4n) is 22.9. The second-order valence-corrected chi connectivity index (χ2v) is 32.1. The summed E-state index contributed by atoms with van der Waals surface area (Å²) in [6.07, 6.45) is 17.5. The number of aliphatic hydroxyl groups excluding tert-OH is 2. The van der Waals surface area contributed by atoms with Crippen LogP contribution in [0.5, 0.6) is 0 Å². The summed E-state index contributed by atoms with van der Waals surface area (Å²) in [5.74, 6) is 2.61. The van der Waals surface area contributed by atoms with E-state index in [1.165, 1.54) is 26.7 Å². The Morgan fingerprint density at radius 2 is 0.773 bits per heavy atom. The van der Waals surface area contributed by atoms with Gasteiger partial charge in [0, 0.05) is 24.7 Å². The Labute approximate surface area is 454 Å². The molecule has 8 saturated carbocycles. The minimum Gasteiger partial charge on any atom is -0.462 e. The molecule has 432 valence electrons. The van der Waals surface area contributed by atoms with Crippen LogP contribution in [0.4, 0.5) is 0 Å². The number of aliphatic hydroxyl groups is 4. The van der Waals surface area contributed by atoms with Crippen LogP contribution in [0.3, 0.4) is 0 Å². The first-order chi connectivity index (χ1) is 33.8. The number of fused-ring (bicyclic) bond motifs is 10. The lowest BCUT2D eigenvalue weighted by Crippen LogP contribution is -2.66. The SMILES string of the molecule is CC(=O)O[C@H]1CC[C@]2(C)[C@H]3C[C@@H](O)[C@@H]4[C@@H]([C@]5(C)CC[C@H](C(C)(C)O)O5)CC[C@@]4(C)[C@]3(C)CC[C@H]2C1(C)C.CC(=O)O[C@H]1CC[C@]2(C)[C@H]3C[C@@H](O)[C@@H]4[C@@H]([C@]5(C)CC[C@H](C(C)(C)O)O5)CC[C@@]4(C)[C@]3(C)CC[C@H]2C1(C)C.O. The summed E-state index contributed by atoms with van der Waals surface area (Å²) in [6.45, 7) is 39.4. The van der Waals surface area contributed by atoms with Gasteiger partial charge in [-0.3, -0.25) is 9.59 Å². The van der Waals surface area contributed by atoms with Crippen molar-refractivity contribution >= 4 is 11.9 Å². The molecule has 0 bridgehead atoms. The van der Waals surface area contributed by atoms with E-state index in [9.17, 15) is 30.0 Å². The van der Waals surface area contributed by atoms with Crippen molar-refractivity contribution in [2.45, 2.75) is 299 Å². The van der Waals surface area contributed by atoms with Gasteiger partial charge in [0.05, 0.1) is 46.8 Å². The van der Waals surface area contributed by atoms with Crippen molar-refractivity contribution in [2.24, 2.45) is 90.7 Å². The van der Waals surface area contributed by atoms with Crippen molar-refractivity contribution in [2.75, 3.05) is 0 Å². The van der Waals surface area contributed by atoms with E-state index in [0.717, 1.165) is 103 Å². The molecule has 10 aliphatic rings. The highest BCUT2D eigenvalue weighted by Gasteiger charge is 2.74. The number of esters is 2. The maximum Gasteiger partial charge on any atom is 0.302 e. The molecule has 11 nitrogen and oxygen atoms in total. The van der Waals surface area contributed by atoms with Crippen LogP contribution in [0.15, 0.2) is 0 Å². The van der Waals surface area contributed by atoms with E-state index in [-0.39, 0.29) is 120 Å². The van der Waals surface area contributed by atoms with Crippen LogP contribution in [-0.2, 0) is 28.5 Å². The molecule has 2 heterocycles. The van der Waals surface area contributed by atoms with Crippen molar-refractivity contribution in [1.29, 1.82) is 0 Å². The van der Waals surface area contributed by atoms with Gasteiger partial charge in [0.2, 0.25) is 0 Å². The molecule has 0 unspecified atom stereocenters. The minimum atomic E-state index is -0.841. The highest BCUT2D eigenvalue weighted by atomic mass is 16.6. The fraction of sp³-hybridized carbons (Fsp3) is 0.969. The number of hydrogen-bond acceptors (Lipinski definition) is 10. The molecule has 75 heavy (non-hydrogen) atoms. The van der Waals surface area contributed by atoms with E-state index in [0.29, 0.717) is 35.5 Å². The van der Waals surface area contributed by atoms with Crippen LogP contribution < -0.4 is 0 Å². The summed E-state index contributed by atoms with van der Waals surface area (Å²) in [5, 5.41) is 45.3. The molecule has 0 radical (unpaired) electrons. The monoisotopic (exact) mass is 1050 g/mol. The second kappa shape index (κ2) is 18.9. The Bertz CT molecular complexity index is 2000. The normalized spacial score (nSPS) is 52.5. The van der Waals surface area contributed by atoms with E-state index in [4.69, 9.17) is 18.9 Å². The van der Waals surface area contributed by atoms with E-state index < -0.39 is 11.2 Å². The van der Waals surface area contributed by atoms with Gasteiger partial charge in [0.15, 0.2) is 0 Å². The summed E-state index contributed by atoms with van der Waals surface area (Å²) in [4.78, 5) is 23.8. The molecule has 0 aromatic rings. The van der Waals surface area contributed by atoms with E-state index in [2.05, 4.69) is 83.1 Å². The summed E-state index contributed by atoms with van der Waals surface area (Å²) in [6, 6.07) is 0. The molecular weight excluding hydrogens is 945 g/mol. The maximum absolute atomic E-state index is 12.0. The van der Waals surface area contributed by atoms with Crippen LogP contribution in [-0.4, -0.2) is 96.9 Å². The lowest BCUT2D eigenvalue weighted by molar-refractivity contribution is -0.251. The second-order valence-electron chi connectivity index (χ2n) is 32.1. The predicted molar refractivity (Wildman–Crippen MR) is 293 cm³/mol. The average Bonchev–Trinajstić information content (AvgIpc) is 4.07. The van der Waals surface area contributed by atoms with E-state index in [1.807, 2.05) is 27.7 Å². The molecule has 0 spiro atoms. The first kappa shape index (κ1) is 59.8. The standard InChI is InChI=1S/2C32H54O5.H2O/c2*1-19(33)36-24-12-14-29(6)22(27(24,2)3)11-16-30(7)23(29)18-21(34)26-20(10-15-31(26,30)8)32(9)17-13-25(37-32)28(4,5)35;/h2*20-26,34-35H,10-18H2,1-9H3;1H2/t2*20-,21+,22-,23+,24-,25+,26-,29-,30+,31+,32-;/m00./s1. The zero-order valence-electron chi connectivity index (χ0n) is 50.5. The molecule has 10 rings (SSSR count). The van der Waals surface area contributed by atoms with Crippen molar-refractivity contribution < 1.29 is 54.4 Å². The fourth-order valence-corrected chi connectivity index (χ4v) is 22.9. The molecule has 2 saturated heterocycles. The van der Waals surface area contributed by atoms with Crippen molar-refractivity contribution in [3.8, 4) is 0 Å². The third kappa shape index (κ3) is 8.83. The third-order valence-electron chi connectivity index (χ3n) is 27.0. The van der Waals surface area contributed by atoms with Gasteiger partial charge in [-0.05, 0) is 237 Å². The van der Waals surface area contributed by atoms with Gasteiger partial charge >= 0.3 is 11.9 Å². The molecule has 11 heteroatoms. The van der Waals surface area contributed by atoms with E-state index in [1.54, 1.807) is 0 Å². The topological polar surface area (TPSA) is 183 Å². The predicted octanol–water partition coefficient (Wildman–Crippen LogP) is 11.7. The molecule has 0 aromatic heterocycles. The number of ether oxygens (including phenoxy) is 4. The molecule has 10 fully saturated rings. The highest BCUT2D eigenvalue weighted by molar-refractivity contribution is 5.66. The number of rotatable bonds is 6. The Morgan fingerprint density at radius 3 is 1.07 bits per heavy atom. The first-order valence-electron chi connectivity index (χ1n) is 30.3. The van der Waals surface area contributed by atoms with Gasteiger partial charge < -0.3 is 44.8 Å². The van der Waals surface area contributed by atoms with Crippen LogP contribution >= 0.6 is 0 Å². The summed E-state index contributed by atoms with van der Waals surface area (Å²) in [7, 11) is 0. The van der Waals surface area contributed by atoms with Crippen molar-refractivity contribution in [3.63, 3.8) is 0 Å². The first-order valence-corrected chi connectivity index (χ1v) is 30.3. The lowest BCUT2D eigenvalue weighted by atomic mass is 9.35. The molecule has 22 atom stereocenters. The van der Waals surface area contributed by atoms with Crippen LogP contribution in [0.25, 0.3) is 0 Å². The summed E-state index contributed by atoms with van der Waals surface area (Å²) in [5.41, 5.74) is -1.72. The van der Waals surface area contributed by atoms with Crippen LogP contribution in [0.1, 0.15) is 240 Å². The highest BCUT2D eigenvalue weighted by Crippen LogP contribution is 2.78. The molecular formula is C64H110O11. The Balaban J connectivity index is 0.000000197. The Kier molecular flexibility index (Phi) is 15.0. The number of hydrogen-bond donors (Lipinski definition) is 4. The molecule has 2 aliphatic heterocycles. The Morgan fingerprint density at radius 1 is 0.453 bits per heavy atom. The van der Waals surface area contributed by atoms with Gasteiger partial charge in [0.1, 0.15) is 12.2 Å². The molecule has 6 N–H and O–H groups in total. The average molecular weight is 1060 g/mol. The minimum absolute atomic E-state index is 0. The summed E-state index contributed by atoms with van der Waals surface area (Å²) >= 11 is 0. The van der Waals surface area contributed by atoms with Gasteiger partial charge in [-0.25, -0.2) is 0 Å². The molecule has 0 aromatic carbocycles. The van der Waals surface area contributed by atoms with Crippen molar-refractivity contribution in [1.82, 2.24) is 0 Å². The van der Waals surface area contributed by atoms with Gasteiger partial charge in [-0.1, -0.05) is 69.2 Å². The summed E-state index contributed by atoms with van der Waals surface area (Å²) < 4.78 is 25.1. The van der Waals surface area contributed by atoms with Gasteiger partial charge in [0.25, 0.3) is 0 Å². The number of carbonyl (C=O) groups is 2. The van der Waals surface area contributed by atoms with Gasteiger partial charge in [-0.2, -0.15) is 0 Å². The van der Waals surface area contributed by atoms with Gasteiger partial charge in [-0.15, -0.1) is 0 Å². The maximum atomic E-state index is 12.0. The molecule has 8 aliphatic carbocycles. The van der Waals surface area contributed by atoms with Crippen LogP contribution in [0, 0.1) is 90.7 Å². The smallest absolute Gasteiger partial charge is 0.302 e. The lowest BCUT2D eigenvalue weighted by Gasteiger charge is -2.70. The quantitative estimate of drug-likeness (QED) is 0.187. The van der Waals surface area contributed by atoms with Crippen LogP contribution in [0.2, 0.25) is 0 Å². The van der Waals surface area contributed by atoms with E-state index >= 15 is 0 Å². The van der Waals surface area contributed by atoms with Crippen molar-refractivity contribution in [3.05, 3.63) is 0 Å². The Hall–Kier alpha value is -1.34. The third-order valence-corrected chi connectivity index (χ3v) is 27.0. The molecule has 0 amide bonds. The number of carbonyl (C=O) groups excluding carboxylic acids is 2. The zero-order valence-corrected chi connectivity index (χ0v) is 50.5.